The Balaban J connectivity index is 2.65. The van der Waals surface area contributed by atoms with Crippen molar-refractivity contribution < 1.29 is 14.7 Å². The molecule has 0 bridgehead atoms. The second-order valence-corrected chi connectivity index (χ2v) is 5.33. The number of carboxylic acid groups (broad SMARTS) is 1. The van der Waals surface area contributed by atoms with Gasteiger partial charge in [-0.25, -0.2) is 0 Å². The van der Waals surface area contributed by atoms with Gasteiger partial charge in [-0.2, -0.15) is 0 Å². The zero-order valence-electron chi connectivity index (χ0n) is 12.6. The lowest BCUT2D eigenvalue weighted by Gasteiger charge is -2.15. The van der Waals surface area contributed by atoms with Crippen LogP contribution in [0.1, 0.15) is 44.6 Å². The smallest absolute Gasteiger partial charge is 0.303 e. The zero-order chi connectivity index (χ0) is 15.8. The summed E-state index contributed by atoms with van der Waals surface area (Å²) in [5, 5.41) is 11.6. The number of anilines is 1. The minimum absolute atomic E-state index is 0.0517. The van der Waals surface area contributed by atoms with Gasteiger partial charge >= 0.3 is 5.97 Å². The van der Waals surface area contributed by atoms with Crippen LogP contribution < -0.4 is 11.1 Å². The molecular formula is C16H24N2O3. The first-order valence-electron chi connectivity index (χ1n) is 7.30. The van der Waals surface area contributed by atoms with Gasteiger partial charge in [0.05, 0.1) is 12.3 Å². The van der Waals surface area contributed by atoms with Crippen LogP contribution in [0.4, 0.5) is 5.69 Å². The van der Waals surface area contributed by atoms with E-state index >= 15 is 0 Å². The van der Waals surface area contributed by atoms with E-state index in [1.54, 1.807) is 12.1 Å². The molecule has 2 unspecified atom stereocenters. The van der Waals surface area contributed by atoms with Gasteiger partial charge in [-0.05, 0) is 30.0 Å². The van der Waals surface area contributed by atoms with Crippen LogP contribution in [0.15, 0.2) is 24.3 Å². The molecule has 116 valence electrons. The van der Waals surface area contributed by atoms with Crippen molar-refractivity contribution in [2.45, 2.75) is 39.0 Å². The maximum atomic E-state index is 12.0. The molecule has 0 heterocycles. The Labute approximate surface area is 125 Å². The fourth-order valence-corrected chi connectivity index (χ4v) is 2.22. The molecule has 0 aliphatic heterocycles. The van der Waals surface area contributed by atoms with E-state index in [0.717, 1.165) is 18.4 Å². The summed E-state index contributed by atoms with van der Waals surface area (Å²) in [4.78, 5) is 22.7. The van der Waals surface area contributed by atoms with Crippen molar-refractivity contribution in [1.29, 1.82) is 0 Å². The maximum Gasteiger partial charge on any atom is 0.303 e. The number of hydrogen-bond donors (Lipinski definition) is 3. The number of nitrogens with two attached hydrogens (primary N) is 1. The maximum absolute atomic E-state index is 12.0. The average Bonchev–Trinajstić information content (AvgIpc) is 2.44. The van der Waals surface area contributed by atoms with Crippen LogP contribution in [0, 0.1) is 5.92 Å². The first-order chi connectivity index (χ1) is 9.97. The molecule has 1 amide bonds. The highest BCUT2D eigenvalue weighted by atomic mass is 16.4. The molecule has 1 aromatic rings. The van der Waals surface area contributed by atoms with E-state index in [4.69, 9.17) is 10.8 Å². The van der Waals surface area contributed by atoms with Gasteiger partial charge in [0.15, 0.2) is 0 Å². The van der Waals surface area contributed by atoms with Crippen LogP contribution in [0.25, 0.3) is 0 Å². The van der Waals surface area contributed by atoms with Gasteiger partial charge < -0.3 is 16.2 Å². The fraction of sp³-hybridized carbons (Fsp3) is 0.500. The van der Waals surface area contributed by atoms with E-state index in [0.29, 0.717) is 12.2 Å². The number of nitrogens with one attached hydrogen (secondary N) is 1. The molecule has 0 aliphatic carbocycles. The SMILES string of the molecule is CCCC(CN)C(=O)Nc1ccc(C(C)CC(=O)O)cc1. The highest BCUT2D eigenvalue weighted by Crippen LogP contribution is 2.21. The van der Waals surface area contributed by atoms with Crippen LogP contribution in [0.2, 0.25) is 0 Å². The van der Waals surface area contributed by atoms with Gasteiger partial charge in [0.2, 0.25) is 5.91 Å². The lowest BCUT2D eigenvalue weighted by Crippen LogP contribution is -2.29. The van der Waals surface area contributed by atoms with E-state index in [1.807, 2.05) is 26.0 Å². The third-order valence-electron chi connectivity index (χ3n) is 3.52. The zero-order valence-corrected chi connectivity index (χ0v) is 12.6. The summed E-state index contributed by atoms with van der Waals surface area (Å²) < 4.78 is 0. The molecule has 4 N–H and O–H groups in total. The molecule has 0 aromatic heterocycles. The minimum Gasteiger partial charge on any atom is -0.481 e. The van der Waals surface area contributed by atoms with Gasteiger partial charge in [-0.15, -0.1) is 0 Å². The molecule has 2 atom stereocenters. The van der Waals surface area contributed by atoms with Crippen molar-refractivity contribution >= 4 is 17.6 Å². The number of carbonyl (C=O) groups is 2. The molecule has 21 heavy (non-hydrogen) atoms. The van der Waals surface area contributed by atoms with Crippen LogP contribution in [-0.4, -0.2) is 23.5 Å². The summed E-state index contributed by atoms with van der Waals surface area (Å²) in [6.07, 6.45) is 1.79. The summed E-state index contributed by atoms with van der Waals surface area (Å²) in [5.74, 6) is -1.10. The Bertz CT molecular complexity index is 471. The summed E-state index contributed by atoms with van der Waals surface area (Å²) >= 11 is 0. The molecule has 0 saturated carbocycles. The largest absolute Gasteiger partial charge is 0.481 e. The van der Waals surface area contributed by atoms with Gasteiger partial charge in [0.25, 0.3) is 0 Å². The van der Waals surface area contributed by atoms with Crippen LogP contribution in [0.5, 0.6) is 0 Å². The number of rotatable bonds is 8. The van der Waals surface area contributed by atoms with Crippen molar-refractivity contribution in [3.63, 3.8) is 0 Å². The first kappa shape index (κ1) is 17.2. The topological polar surface area (TPSA) is 92.4 Å². The van der Waals surface area contributed by atoms with E-state index in [1.165, 1.54) is 0 Å². The fourth-order valence-electron chi connectivity index (χ4n) is 2.22. The average molecular weight is 292 g/mol. The van der Waals surface area contributed by atoms with Crippen molar-refractivity contribution in [2.75, 3.05) is 11.9 Å². The molecule has 0 spiro atoms. The molecule has 0 fully saturated rings. The minimum atomic E-state index is -0.815. The Kier molecular flexibility index (Phi) is 6.88. The van der Waals surface area contributed by atoms with Crippen molar-refractivity contribution in [2.24, 2.45) is 11.7 Å². The Hall–Kier alpha value is -1.88. The number of hydrogen-bond acceptors (Lipinski definition) is 3. The standard InChI is InChI=1S/C16H24N2O3/c1-3-4-13(10-17)16(21)18-14-7-5-12(6-8-14)11(2)9-15(19)20/h5-8,11,13H,3-4,9-10,17H2,1-2H3,(H,18,21)(H,19,20). The second kappa shape index (κ2) is 8.42. The predicted molar refractivity (Wildman–Crippen MR) is 83.2 cm³/mol. The summed E-state index contributed by atoms with van der Waals surface area (Å²) in [6, 6.07) is 7.29. The Morgan fingerprint density at radius 3 is 2.38 bits per heavy atom. The monoisotopic (exact) mass is 292 g/mol. The van der Waals surface area contributed by atoms with Crippen LogP contribution in [-0.2, 0) is 9.59 Å². The highest BCUT2D eigenvalue weighted by molar-refractivity contribution is 5.92. The van der Waals surface area contributed by atoms with Gasteiger partial charge in [0.1, 0.15) is 0 Å². The van der Waals surface area contributed by atoms with Gasteiger partial charge in [0, 0.05) is 12.2 Å². The molecular weight excluding hydrogens is 268 g/mol. The molecule has 5 nitrogen and oxygen atoms in total. The Morgan fingerprint density at radius 1 is 1.29 bits per heavy atom. The van der Waals surface area contributed by atoms with Crippen molar-refractivity contribution in [3.8, 4) is 0 Å². The van der Waals surface area contributed by atoms with Gasteiger partial charge in [-0.3, -0.25) is 9.59 Å². The summed E-state index contributed by atoms with van der Waals surface area (Å²) in [7, 11) is 0. The number of carboxylic acids is 1. The van der Waals surface area contributed by atoms with Crippen LogP contribution in [0.3, 0.4) is 0 Å². The second-order valence-electron chi connectivity index (χ2n) is 5.33. The van der Waals surface area contributed by atoms with E-state index < -0.39 is 5.97 Å². The molecule has 1 aromatic carbocycles. The molecule has 5 heteroatoms. The summed E-state index contributed by atoms with van der Waals surface area (Å²) in [6.45, 7) is 4.23. The quantitative estimate of drug-likeness (QED) is 0.686. The third kappa shape index (κ3) is 5.55. The van der Waals surface area contributed by atoms with E-state index in [-0.39, 0.29) is 24.2 Å². The number of benzene rings is 1. The highest BCUT2D eigenvalue weighted by Gasteiger charge is 2.16. The lowest BCUT2D eigenvalue weighted by atomic mass is 9.97. The molecule has 0 aliphatic rings. The normalized spacial score (nSPS) is 13.5. The summed E-state index contributed by atoms with van der Waals surface area (Å²) in [5.41, 5.74) is 7.26. The van der Waals surface area contributed by atoms with Crippen molar-refractivity contribution in [3.05, 3.63) is 29.8 Å². The Morgan fingerprint density at radius 2 is 1.90 bits per heavy atom. The lowest BCUT2D eigenvalue weighted by molar-refractivity contribution is -0.137. The third-order valence-corrected chi connectivity index (χ3v) is 3.52. The molecule has 0 saturated heterocycles. The van der Waals surface area contributed by atoms with Crippen LogP contribution >= 0.6 is 0 Å². The number of carbonyl (C=O) groups excluding carboxylic acids is 1. The van der Waals surface area contributed by atoms with E-state index in [2.05, 4.69) is 5.32 Å². The first-order valence-corrected chi connectivity index (χ1v) is 7.30. The number of aliphatic carboxylic acids is 1. The predicted octanol–water partition coefficient (Wildman–Crippen LogP) is 2.58. The molecule has 1 rings (SSSR count). The van der Waals surface area contributed by atoms with E-state index in [9.17, 15) is 9.59 Å². The molecule has 0 radical (unpaired) electrons. The van der Waals surface area contributed by atoms with Crippen molar-refractivity contribution in [1.82, 2.24) is 0 Å². The number of amides is 1. The van der Waals surface area contributed by atoms with Gasteiger partial charge in [-0.1, -0.05) is 32.4 Å².